The molecule has 0 amide bonds. The number of ether oxygens (including phenoxy) is 1. The molecule has 0 radical (unpaired) electrons. The topological polar surface area (TPSA) is 26.3 Å². The van der Waals surface area contributed by atoms with Crippen molar-refractivity contribution in [1.82, 2.24) is 0 Å². The molecule has 0 aromatic rings. The highest BCUT2D eigenvalue weighted by Gasteiger charge is 2.26. The van der Waals surface area contributed by atoms with Gasteiger partial charge in [-0.1, -0.05) is 20.8 Å². The number of rotatable bonds is 4. The SMILES string of the molecule is CCC(C)(CC(C)C)OC(C)=O. The van der Waals surface area contributed by atoms with E-state index in [0.717, 1.165) is 12.8 Å². The quantitative estimate of drug-likeness (QED) is 0.609. The molecule has 0 saturated carbocycles. The summed E-state index contributed by atoms with van der Waals surface area (Å²) in [5, 5.41) is 0. The summed E-state index contributed by atoms with van der Waals surface area (Å²) in [5.41, 5.74) is -0.264. The van der Waals surface area contributed by atoms with Gasteiger partial charge >= 0.3 is 5.97 Å². The molecule has 2 nitrogen and oxygen atoms in total. The average molecular weight is 172 g/mol. The fourth-order valence-corrected chi connectivity index (χ4v) is 1.47. The van der Waals surface area contributed by atoms with Gasteiger partial charge in [0.25, 0.3) is 0 Å². The van der Waals surface area contributed by atoms with Crippen LogP contribution >= 0.6 is 0 Å². The maximum absolute atomic E-state index is 10.8. The van der Waals surface area contributed by atoms with Crippen LogP contribution in [0.25, 0.3) is 0 Å². The van der Waals surface area contributed by atoms with E-state index in [2.05, 4.69) is 13.8 Å². The van der Waals surface area contributed by atoms with Crippen LogP contribution in [-0.4, -0.2) is 11.6 Å². The lowest BCUT2D eigenvalue weighted by Gasteiger charge is -2.29. The first-order chi connectivity index (χ1) is 5.39. The van der Waals surface area contributed by atoms with Crippen molar-refractivity contribution in [2.45, 2.75) is 53.1 Å². The van der Waals surface area contributed by atoms with Crippen LogP contribution in [-0.2, 0) is 9.53 Å². The second-order valence-corrected chi connectivity index (χ2v) is 4.00. The van der Waals surface area contributed by atoms with Crippen LogP contribution in [0.15, 0.2) is 0 Å². The summed E-state index contributed by atoms with van der Waals surface area (Å²) in [6.07, 6.45) is 1.81. The van der Waals surface area contributed by atoms with Gasteiger partial charge in [0.2, 0.25) is 0 Å². The van der Waals surface area contributed by atoms with Gasteiger partial charge in [0.15, 0.2) is 0 Å². The summed E-state index contributed by atoms with van der Waals surface area (Å²) >= 11 is 0. The Kier molecular flexibility index (Phi) is 4.29. The van der Waals surface area contributed by atoms with Crippen molar-refractivity contribution in [3.63, 3.8) is 0 Å². The largest absolute Gasteiger partial charge is 0.460 e. The molecule has 0 heterocycles. The van der Waals surface area contributed by atoms with Gasteiger partial charge in [0.05, 0.1) is 0 Å². The summed E-state index contributed by atoms with van der Waals surface area (Å²) in [7, 11) is 0. The molecule has 0 aliphatic heterocycles. The second kappa shape index (κ2) is 4.48. The van der Waals surface area contributed by atoms with Gasteiger partial charge < -0.3 is 4.74 Å². The molecule has 0 rings (SSSR count). The van der Waals surface area contributed by atoms with Crippen LogP contribution in [0.3, 0.4) is 0 Å². The number of carbonyl (C=O) groups excluding carboxylic acids is 1. The van der Waals surface area contributed by atoms with E-state index >= 15 is 0 Å². The van der Waals surface area contributed by atoms with Crippen molar-refractivity contribution in [1.29, 1.82) is 0 Å². The van der Waals surface area contributed by atoms with Crippen molar-refractivity contribution in [3.05, 3.63) is 0 Å². The molecule has 0 spiro atoms. The van der Waals surface area contributed by atoms with E-state index in [4.69, 9.17) is 4.74 Å². The van der Waals surface area contributed by atoms with Crippen molar-refractivity contribution in [2.24, 2.45) is 5.92 Å². The second-order valence-electron chi connectivity index (χ2n) is 4.00. The fraction of sp³-hybridized carbons (Fsp3) is 0.900. The predicted octanol–water partition coefficient (Wildman–Crippen LogP) is 2.76. The number of hydrogen-bond donors (Lipinski definition) is 0. The van der Waals surface area contributed by atoms with Gasteiger partial charge in [-0.15, -0.1) is 0 Å². The molecule has 0 aromatic heterocycles. The Labute approximate surface area is 75.3 Å². The molecule has 0 bridgehead atoms. The van der Waals surface area contributed by atoms with Gasteiger partial charge in [0, 0.05) is 6.92 Å². The summed E-state index contributed by atoms with van der Waals surface area (Å²) in [6.45, 7) is 9.78. The van der Waals surface area contributed by atoms with Crippen molar-refractivity contribution in [2.75, 3.05) is 0 Å². The number of esters is 1. The van der Waals surface area contributed by atoms with Crippen molar-refractivity contribution >= 4 is 5.97 Å². The Morgan fingerprint density at radius 1 is 1.50 bits per heavy atom. The van der Waals surface area contributed by atoms with Crippen LogP contribution in [0.1, 0.15) is 47.5 Å². The van der Waals surface area contributed by atoms with Gasteiger partial charge in [0.1, 0.15) is 5.60 Å². The molecule has 0 saturated heterocycles. The third kappa shape index (κ3) is 4.37. The van der Waals surface area contributed by atoms with E-state index < -0.39 is 0 Å². The zero-order valence-electron chi connectivity index (χ0n) is 8.81. The normalized spacial score (nSPS) is 15.8. The van der Waals surface area contributed by atoms with Crippen LogP contribution < -0.4 is 0 Å². The first-order valence-electron chi connectivity index (χ1n) is 4.59. The molecular weight excluding hydrogens is 152 g/mol. The molecule has 72 valence electrons. The minimum atomic E-state index is -0.264. The zero-order valence-corrected chi connectivity index (χ0v) is 8.81. The Balaban J connectivity index is 4.13. The lowest BCUT2D eigenvalue weighted by molar-refractivity contribution is -0.157. The van der Waals surface area contributed by atoms with Gasteiger partial charge in [-0.25, -0.2) is 0 Å². The summed E-state index contributed by atoms with van der Waals surface area (Å²) in [4.78, 5) is 10.8. The zero-order chi connectivity index (χ0) is 9.78. The Bertz CT molecular complexity index is 152. The van der Waals surface area contributed by atoms with E-state index in [9.17, 15) is 4.79 Å². The fourth-order valence-electron chi connectivity index (χ4n) is 1.47. The summed E-state index contributed by atoms with van der Waals surface area (Å²) < 4.78 is 5.26. The molecule has 0 aliphatic rings. The Morgan fingerprint density at radius 3 is 2.25 bits per heavy atom. The highest BCUT2D eigenvalue weighted by Crippen LogP contribution is 2.24. The minimum absolute atomic E-state index is 0.181. The van der Waals surface area contributed by atoms with Crippen LogP contribution in [0.5, 0.6) is 0 Å². The van der Waals surface area contributed by atoms with E-state index in [0.29, 0.717) is 5.92 Å². The number of hydrogen-bond acceptors (Lipinski definition) is 2. The third-order valence-electron chi connectivity index (χ3n) is 1.98. The molecule has 0 N–H and O–H groups in total. The average Bonchev–Trinajstić information content (AvgIpc) is 1.83. The van der Waals surface area contributed by atoms with Gasteiger partial charge in [-0.2, -0.15) is 0 Å². The molecule has 12 heavy (non-hydrogen) atoms. The lowest BCUT2D eigenvalue weighted by atomic mass is 9.92. The Morgan fingerprint density at radius 2 is 2.00 bits per heavy atom. The molecule has 1 atom stereocenters. The van der Waals surface area contributed by atoms with Gasteiger partial charge in [-0.3, -0.25) is 4.79 Å². The standard InChI is InChI=1S/C10H20O2/c1-6-10(5,7-8(2)3)12-9(4)11/h8H,6-7H2,1-5H3. The molecule has 0 aromatic carbocycles. The van der Waals surface area contributed by atoms with E-state index in [-0.39, 0.29) is 11.6 Å². The van der Waals surface area contributed by atoms with E-state index in [1.54, 1.807) is 0 Å². The van der Waals surface area contributed by atoms with E-state index in [1.165, 1.54) is 6.92 Å². The monoisotopic (exact) mass is 172 g/mol. The molecule has 1 unspecified atom stereocenters. The molecular formula is C10H20O2. The smallest absolute Gasteiger partial charge is 0.303 e. The first-order valence-corrected chi connectivity index (χ1v) is 4.59. The van der Waals surface area contributed by atoms with E-state index in [1.807, 2.05) is 13.8 Å². The summed E-state index contributed by atoms with van der Waals surface area (Å²) in [6, 6.07) is 0. The third-order valence-corrected chi connectivity index (χ3v) is 1.98. The van der Waals surface area contributed by atoms with Crippen molar-refractivity contribution < 1.29 is 9.53 Å². The van der Waals surface area contributed by atoms with Crippen LogP contribution in [0.2, 0.25) is 0 Å². The molecule has 2 heteroatoms. The Hall–Kier alpha value is -0.530. The number of carbonyl (C=O) groups is 1. The highest BCUT2D eigenvalue weighted by atomic mass is 16.6. The van der Waals surface area contributed by atoms with Crippen LogP contribution in [0, 0.1) is 5.92 Å². The molecule has 0 fully saturated rings. The predicted molar refractivity (Wildman–Crippen MR) is 49.9 cm³/mol. The minimum Gasteiger partial charge on any atom is -0.460 e. The van der Waals surface area contributed by atoms with Crippen LogP contribution in [0.4, 0.5) is 0 Å². The highest BCUT2D eigenvalue weighted by molar-refractivity contribution is 5.66. The van der Waals surface area contributed by atoms with Crippen molar-refractivity contribution in [3.8, 4) is 0 Å². The van der Waals surface area contributed by atoms with Gasteiger partial charge in [-0.05, 0) is 25.7 Å². The molecule has 0 aliphatic carbocycles. The lowest BCUT2D eigenvalue weighted by Crippen LogP contribution is -2.31. The maximum atomic E-state index is 10.8. The summed E-state index contributed by atoms with van der Waals surface area (Å²) in [5.74, 6) is 0.384. The first kappa shape index (κ1) is 11.5. The maximum Gasteiger partial charge on any atom is 0.303 e.